The van der Waals surface area contributed by atoms with Crippen LogP contribution < -0.4 is 5.32 Å². The Kier molecular flexibility index (Phi) is 5.11. The Bertz CT molecular complexity index is 805. The van der Waals surface area contributed by atoms with Crippen LogP contribution in [0.5, 0.6) is 0 Å². The highest BCUT2D eigenvalue weighted by molar-refractivity contribution is 5.87. The predicted octanol–water partition coefficient (Wildman–Crippen LogP) is 1.44. The quantitative estimate of drug-likeness (QED) is 0.574. The van der Waals surface area contributed by atoms with Gasteiger partial charge in [-0.25, -0.2) is 9.18 Å². The summed E-state index contributed by atoms with van der Waals surface area (Å²) < 4.78 is 14.2. The molecule has 0 saturated carbocycles. The van der Waals surface area contributed by atoms with E-state index in [9.17, 15) is 29.2 Å². The third-order valence-electron chi connectivity index (χ3n) is 3.64. The van der Waals surface area contributed by atoms with Crippen molar-refractivity contribution >= 4 is 17.6 Å². The molecule has 1 aromatic carbocycles. The van der Waals surface area contributed by atoms with Gasteiger partial charge in [0, 0.05) is 13.0 Å². The number of aryl methyl sites for hydroxylation is 1. The van der Waals surface area contributed by atoms with E-state index < -0.39 is 28.2 Å². The van der Waals surface area contributed by atoms with E-state index in [4.69, 9.17) is 0 Å². The van der Waals surface area contributed by atoms with Gasteiger partial charge in [-0.3, -0.25) is 19.6 Å². The number of aromatic nitrogens is 2. The summed E-state index contributed by atoms with van der Waals surface area (Å²) in [7, 11) is 0. The number of nitrogens with one attached hydrogen (secondary N) is 1. The van der Waals surface area contributed by atoms with Gasteiger partial charge in [0.05, 0.1) is 4.92 Å². The third kappa shape index (κ3) is 4.16. The number of benzene rings is 1. The average Bonchev–Trinajstić information content (AvgIpc) is 3.02. The summed E-state index contributed by atoms with van der Waals surface area (Å²) >= 11 is 0. The number of rotatable bonds is 7. The van der Waals surface area contributed by atoms with Crippen LogP contribution >= 0.6 is 0 Å². The molecule has 0 aliphatic rings. The van der Waals surface area contributed by atoms with Crippen molar-refractivity contribution in [1.29, 1.82) is 0 Å². The first kappa shape index (κ1) is 18.0. The lowest BCUT2D eigenvalue weighted by Gasteiger charge is -2.26. The molecule has 1 unspecified atom stereocenters. The van der Waals surface area contributed by atoms with Gasteiger partial charge in [0.1, 0.15) is 18.2 Å². The van der Waals surface area contributed by atoms with E-state index in [2.05, 4.69) is 10.4 Å². The molecular formula is C15H15FN4O5. The van der Waals surface area contributed by atoms with Crippen molar-refractivity contribution in [3.63, 3.8) is 0 Å². The molecule has 10 heteroatoms. The number of hydrogen-bond acceptors (Lipinski definition) is 5. The maximum atomic E-state index is 13.0. The van der Waals surface area contributed by atoms with E-state index >= 15 is 0 Å². The molecule has 1 atom stereocenters. The molecule has 0 spiro atoms. The van der Waals surface area contributed by atoms with Crippen molar-refractivity contribution < 1.29 is 24.0 Å². The Morgan fingerprint density at radius 2 is 2.04 bits per heavy atom. The number of nitrogens with zero attached hydrogens (tertiary/aromatic N) is 3. The minimum atomic E-state index is -1.74. The standard InChI is InChI=1S/C15H15FN4O5/c1-15(14(22)23,10-2-4-11(16)5-3-10)18-13(21)6-7-19-9-12(8-17-19)20(24)25/h2-5,8-9H,6-7H2,1H3,(H,18,21)(H,22,23). The van der Waals surface area contributed by atoms with Gasteiger partial charge in [0.2, 0.25) is 5.91 Å². The van der Waals surface area contributed by atoms with Crippen LogP contribution in [0, 0.1) is 15.9 Å². The smallest absolute Gasteiger partial charge is 0.333 e. The number of carbonyl (C=O) groups is 2. The van der Waals surface area contributed by atoms with Gasteiger partial charge in [-0.15, -0.1) is 0 Å². The fourth-order valence-electron chi connectivity index (χ4n) is 2.16. The van der Waals surface area contributed by atoms with E-state index in [1.165, 1.54) is 29.9 Å². The van der Waals surface area contributed by atoms with Crippen molar-refractivity contribution in [3.8, 4) is 0 Å². The molecule has 9 nitrogen and oxygen atoms in total. The number of nitro groups is 1. The Morgan fingerprint density at radius 1 is 1.40 bits per heavy atom. The van der Waals surface area contributed by atoms with E-state index in [0.717, 1.165) is 18.3 Å². The lowest BCUT2D eigenvalue weighted by molar-refractivity contribution is -0.385. The fraction of sp³-hybridized carbons (Fsp3) is 0.267. The molecule has 0 bridgehead atoms. The normalized spacial score (nSPS) is 13.0. The second-order valence-electron chi connectivity index (χ2n) is 5.45. The SMILES string of the molecule is CC(NC(=O)CCn1cc([N+](=O)[O-])cn1)(C(=O)O)c1ccc(F)cc1. The molecule has 132 valence electrons. The molecule has 1 amide bonds. The molecule has 0 fully saturated rings. The van der Waals surface area contributed by atoms with E-state index in [-0.39, 0.29) is 24.2 Å². The van der Waals surface area contributed by atoms with Crippen molar-refractivity contribution in [3.05, 3.63) is 58.2 Å². The largest absolute Gasteiger partial charge is 0.479 e. The maximum absolute atomic E-state index is 13.0. The van der Waals surface area contributed by atoms with Gasteiger partial charge >= 0.3 is 11.7 Å². The summed E-state index contributed by atoms with van der Waals surface area (Å²) in [6, 6.07) is 4.76. The van der Waals surface area contributed by atoms with Crippen molar-refractivity contribution in [2.45, 2.75) is 25.4 Å². The third-order valence-corrected chi connectivity index (χ3v) is 3.64. The van der Waals surface area contributed by atoms with Gasteiger partial charge in [0.15, 0.2) is 5.54 Å². The molecule has 1 aromatic heterocycles. The summed E-state index contributed by atoms with van der Waals surface area (Å²) in [5.74, 6) is -2.42. The zero-order chi connectivity index (χ0) is 18.6. The Labute approximate surface area is 141 Å². The number of hydrogen-bond donors (Lipinski definition) is 2. The second kappa shape index (κ2) is 7.07. The van der Waals surface area contributed by atoms with Crippen LogP contribution in [-0.2, 0) is 21.7 Å². The fourth-order valence-corrected chi connectivity index (χ4v) is 2.16. The summed E-state index contributed by atoms with van der Waals surface area (Å²) in [5.41, 5.74) is -1.73. The minimum absolute atomic E-state index is 0.0405. The first-order valence-corrected chi connectivity index (χ1v) is 7.19. The molecule has 0 saturated heterocycles. The molecule has 0 radical (unpaired) electrons. The van der Waals surface area contributed by atoms with Crippen LogP contribution in [0.3, 0.4) is 0 Å². The molecule has 0 aliphatic heterocycles. The van der Waals surface area contributed by atoms with E-state index in [0.29, 0.717) is 0 Å². The number of carboxylic acid groups (broad SMARTS) is 1. The number of amides is 1. The first-order valence-electron chi connectivity index (χ1n) is 7.19. The average molecular weight is 350 g/mol. The maximum Gasteiger partial charge on any atom is 0.333 e. The molecule has 2 N–H and O–H groups in total. The number of halogens is 1. The summed E-state index contributed by atoms with van der Waals surface area (Å²) in [6.45, 7) is 1.33. The summed E-state index contributed by atoms with van der Waals surface area (Å²) in [4.78, 5) is 33.7. The van der Waals surface area contributed by atoms with Crippen LogP contribution in [-0.4, -0.2) is 31.7 Å². The highest BCUT2D eigenvalue weighted by Crippen LogP contribution is 2.22. The van der Waals surface area contributed by atoms with Crippen molar-refractivity contribution in [1.82, 2.24) is 15.1 Å². The van der Waals surface area contributed by atoms with Crippen molar-refractivity contribution in [2.24, 2.45) is 0 Å². The zero-order valence-corrected chi connectivity index (χ0v) is 13.2. The van der Waals surface area contributed by atoms with Gasteiger partial charge in [-0.1, -0.05) is 12.1 Å². The van der Waals surface area contributed by atoms with Gasteiger partial charge in [0.25, 0.3) is 0 Å². The van der Waals surface area contributed by atoms with Crippen LogP contribution in [0.4, 0.5) is 10.1 Å². The second-order valence-corrected chi connectivity index (χ2v) is 5.45. The summed E-state index contributed by atoms with van der Waals surface area (Å²) in [5, 5.41) is 26.2. The van der Waals surface area contributed by atoms with Gasteiger partial charge in [-0.05, 0) is 24.6 Å². The monoisotopic (exact) mass is 350 g/mol. The molecule has 2 aromatic rings. The number of carbonyl (C=O) groups excluding carboxylic acids is 1. The number of carboxylic acids is 1. The molecule has 1 heterocycles. The predicted molar refractivity (Wildman–Crippen MR) is 83.0 cm³/mol. The molecular weight excluding hydrogens is 335 g/mol. The topological polar surface area (TPSA) is 127 Å². The van der Waals surface area contributed by atoms with Gasteiger partial charge < -0.3 is 10.4 Å². The lowest BCUT2D eigenvalue weighted by atomic mass is 9.92. The Hall–Kier alpha value is -3.30. The van der Waals surface area contributed by atoms with Crippen LogP contribution in [0.2, 0.25) is 0 Å². The zero-order valence-electron chi connectivity index (χ0n) is 13.2. The Balaban J connectivity index is 2.05. The van der Waals surface area contributed by atoms with Crippen LogP contribution in [0.15, 0.2) is 36.7 Å². The first-order chi connectivity index (χ1) is 11.7. The van der Waals surface area contributed by atoms with E-state index in [1.54, 1.807) is 0 Å². The minimum Gasteiger partial charge on any atom is -0.479 e. The Morgan fingerprint density at radius 3 is 2.56 bits per heavy atom. The van der Waals surface area contributed by atoms with Gasteiger partial charge in [-0.2, -0.15) is 5.10 Å². The highest BCUT2D eigenvalue weighted by atomic mass is 19.1. The number of aliphatic carboxylic acids is 1. The highest BCUT2D eigenvalue weighted by Gasteiger charge is 2.36. The van der Waals surface area contributed by atoms with Crippen LogP contribution in [0.25, 0.3) is 0 Å². The summed E-state index contributed by atoms with van der Waals surface area (Å²) in [6.07, 6.45) is 2.09. The van der Waals surface area contributed by atoms with Crippen molar-refractivity contribution in [2.75, 3.05) is 0 Å². The van der Waals surface area contributed by atoms with Crippen LogP contribution in [0.1, 0.15) is 18.9 Å². The lowest BCUT2D eigenvalue weighted by Crippen LogP contribution is -2.49. The molecule has 2 rings (SSSR count). The molecule has 0 aliphatic carbocycles. The molecule has 25 heavy (non-hydrogen) atoms. The van der Waals surface area contributed by atoms with E-state index in [1.807, 2.05) is 0 Å².